The van der Waals surface area contributed by atoms with E-state index < -0.39 is 0 Å². The maximum absolute atomic E-state index is 12.0. The number of aryl methyl sites for hydroxylation is 2. The monoisotopic (exact) mass is 254 g/mol. The van der Waals surface area contributed by atoms with Crippen LogP contribution in [0.4, 0.5) is 11.4 Å². The molecule has 0 spiro atoms. The van der Waals surface area contributed by atoms with Crippen molar-refractivity contribution in [2.75, 3.05) is 11.1 Å². The standard InChI is InChI=1S/C16H18N2O/c1-11-7-8-12(2)15(9-11)18-16(19)10-13-5-3-4-6-14(13)17/h3-9H,10,17H2,1-2H3,(H,18,19). The van der Waals surface area contributed by atoms with Gasteiger partial charge in [-0.2, -0.15) is 0 Å². The van der Waals surface area contributed by atoms with E-state index in [2.05, 4.69) is 5.32 Å². The van der Waals surface area contributed by atoms with Gasteiger partial charge in [0.25, 0.3) is 0 Å². The van der Waals surface area contributed by atoms with Crippen molar-refractivity contribution in [3.05, 3.63) is 59.2 Å². The summed E-state index contributed by atoms with van der Waals surface area (Å²) in [7, 11) is 0. The second kappa shape index (κ2) is 5.57. The molecule has 2 aromatic rings. The molecule has 3 heteroatoms. The number of hydrogen-bond acceptors (Lipinski definition) is 2. The van der Waals surface area contributed by atoms with Gasteiger partial charge in [0.15, 0.2) is 0 Å². The van der Waals surface area contributed by atoms with E-state index >= 15 is 0 Å². The normalized spacial score (nSPS) is 10.2. The number of nitrogens with two attached hydrogens (primary N) is 1. The molecule has 0 aliphatic heterocycles. The number of para-hydroxylation sites is 1. The summed E-state index contributed by atoms with van der Waals surface area (Å²) in [6, 6.07) is 13.4. The largest absolute Gasteiger partial charge is 0.398 e. The summed E-state index contributed by atoms with van der Waals surface area (Å²) in [4.78, 5) is 12.0. The lowest BCUT2D eigenvalue weighted by atomic mass is 10.1. The third kappa shape index (κ3) is 3.35. The van der Waals surface area contributed by atoms with Crippen molar-refractivity contribution in [3.63, 3.8) is 0 Å². The summed E-state index contributed by atoms with van der Waals surface area (Å²) in [5.41, 5.74) is 10.4. The summed E-state index contributed by atoms with van der Waals surface area (Å²) in [5.74, 6) is -0.0494. The van der Waals surface area contributed by atoms with Crippen molar-refractivity contribution >= 4 is 17.3 Å². The first-order valence-electron chi connectivity index (χ1n) is 6.27. The Morgan fingerprint density at radius 2 is 1.89 bits per heavy atom. The minimum atomic E-state index is -0.0494. The van der Waals surface area contributed by atoms with E-state index in [1.165, 1.54) is 0 Å². The molecule has 98 valence electrons. The van der Waals surface area contributed by atoms with Crippen molar-refractivity contribution < 1.29 is 4.79 Å². The molecule has 0 aliphatic carbocycles. The van der Waals surface area contributed by atoms with Crippen LogP contribution in [0, 0.1) is 13.8 Å². The number of hydrogen-bond donors (Lipinski definition) is 2. The summed E-state index contributed by atoms with van der Waals surface area (Å²) in [6.07, 6.45) is 0.292. The average Bonchev–Trinajstić information content (AvgIpc) is 2.37. The first-order chi connectivity index (χ1) is 9.06. The van der Waals surface area contributed by atoms with Gasteiger partial charge in [-0.05, 0) is 42.7 Å². The van der Waals surface area contributed by atoms with E-state index in [1.807, 2.05) is 50.2 Å². The number of amides is 1. The number of rotatable bonds is 3. The van der Waals surface area contributed by atoms with Crippen LogP contribution in [0.2, 0.25) is 0 Å². The minimum Gasteiger partial charge on any atom is -0.398 e. The highest BCUT2D eigenvalue weighted by Crippen LogP contribution is 2.17. The summed E-state index contributed by atoms with van der Waals surface area (Å²) < 4.78 is 0. The lowest BCUT2D eigenvalue weighted by molar-refractivity contribution is -0.115. The zero-order chi connectivity index (χ0) is 13.8. The second-order valence-corrected chi connectivity index (χ2v) is 4.74. The minimum absolute atomic E-state index is 0.0494. The Morgan fingerprint density at radius 1 is 1.16 bits per heavy atom. The molecule has 3 N–H and O–H groups in total. The topological polar surface area (TPSA) is 55.1 Å². The Labute approximate surface area is 113 Å². The van der Waals surface area contributed by atoms with E-state index in [-0.39, 0.29) is 5.91 Å². The molecule has 3 nitrogen and oxygen atoms in total. The van der Waals surface area contributed by atoms with Gasteiger partial charge in [-0.25, -0.2) is 0 Å². The maximum atomic E-state index is 12.0. The third-order valence-corrected chi connectivity index (χ3v) is 3.07. The predicted octanol–water partition coefficient (Wildman–Crippen LogP) is 3.07. The van der Waals surface area contributed by atoms with E-state index in [4.69, 9.17) is 5.73 Å². The van der Waals surface area contributed by atoms with Gasteiger partial charge in [-0.1, -0.05) is 30.3 Å². The Hall–Kier alpha value is -2.29. The predicted molar refractivity (Wildman–Crippen MR) is 79.1 cm³/mol. The van der Waals surface area contributed by atoms with Crippen LogP contribution in [-0.2, 0) is 11.2 Å². The second-order valence-electron chi connectivity index (χ2n) is 4.74. The average molecular weight is 254 g/mol. The van der Waals surface area contributed by atoms with Gasteiger partial charge in [0.2, 0.25) is 5.91 Å². The van der Waals surface area contributed by atoms with Gasteiger partial charge in [0, 0.05) is 11.4 Å². The Balaban J connectivity index is 2.10. The Bertz CT molecular complexity index is 605. The van der Waals surface area contributed by atoms with Crippen molar-refractivity contribution in [2.45, 2.75) is 20.3 Å². The number of nitrogen functional groups attached to an aromatic ring is 1. The van der Waals surface area contributed by atoms with Crippen LogP contribution < -0.4 is 11.1 Å². The quantitative estimate of drug-likeness (QED) is 0.827. The third-order valence-electron chi connectivity index (χ3n) is 3.07. The van der Waals surface area contributed by atoms with E-state index in [9.17, 15) is 4.79 Å². The molecular weight excluding hydrogens is 236 g/mol. The highest BCUT2D eigenvalue weighted by atomic mass is 16.1. The van der Waals surface area contributed by atoms with Crippen molar-refractivity contribution in [2.24, 2.45) is 0 Å². The summed E-state index contributed by atoms with van der Waals surface area (Å²) in [5, 5.41) is 2.93. The zero-order valence-electron chi connectivity index (χ0n) is 11.2. The molecule has 1 amide bonds. The highest BCUT2D eigenvalue weighted by Gasteiger charge is 2.08. The molecule has 0 atom stereocenters. The summed E-state index contributed by atoms with van der Waals surface area (Å²) >= 11 is 0. The fourth-order valence-corrected chi connectivity index (χ4v) is 1.93. The fraction of sp³-hybridized carbons (Fsp3) is 0.188. The molecular formula is C16H18N2O. The highest BCUT2D eigenvalue weighted by molar-refractivity contribution is 5.93. The SMILES string of the molecule is Cc1ccc(C)c(NC(=O)Cc2ccccc2N)c1. The molecule has 19 heavy (non-hydrogen) atoms. The van der Waals surface area contributed by atoms with Gasteiger partial charge in [0.05, 0.1) is 6.42 Å². The van der Waals surface area contributed by atoms with Crippen LogP contribution in [-0.4, -0.2) is 5.91 Å². The van der Waals surface area contributed by atoms with E-state index in [1.54, 1.807) is 6.07 Å². The Kier molecular flexibility index (Phi) is 3.85. The first-order valence-corrected chi connectivity index (χ1v) is 6.27. The van der Waals surface area contributed by atoms with Crippen LogP contribution in [0.15, 0.2) is 42.5 Å². The van der Waals surface area contributed by atoms with Crippen LogP contribution >= 0.6 is 0 Å². The molecule has 2 aromatic carbocycles. The Morgan fingerprint density at radius 3 is 2.63 bits per heavy atom. The molecule has 0 bridgehead atoms. The molecule has 0 heterocycles. The summed E-state index contributed by atoms with van der Waals surface area (Å²) in [6.45, 7) is 3.98. The van der Waals surface area contributed by atoms with Gasteiger partial charge >= 0.3 is 0 Å². The molecule has 0 aliphatic rings. The van der Waals surface area contributed by atoms with Crippen LogP contribution in [0.3, 0.4) is 0 Å². The lowest BCUT2D eigenvalue weighted by Gasteiger charge is -2.10. The molecule has 2 rings (SSSR count). The maximum Gasteiger partial charge on any atom is 0.228 e. The molecule has 0 aromatic heterocycles. The van der Waals surface area contributed by atoms with Crippen LogP contribution in [0.25, 0.3) is 0 Å². The molecule has 0 fully saturated rings. The number of nitrogens with one attached hydrogen (secondary N) is 1. The van der Waals surface area contributed by atoms with Gasteiger partial charge < -0.3 is 11.1 Å². The van der Waals surface area contributed by atoms with Gasteiger partial charge in [-0.3, -0.25) is 4.79 Å². The van der Waals surface area contributed by atoms with Crippen molar-refractivity contribution in [1.82, 2.24) is 0 Å². The number of carbonyl (C=O) groups excluding carboxylic acids is 1. The zero-order valence-corrected chi connectivity index (χ0v) is 11.2. The fourth-order valence-electron chi connectivity index (χ4n) is 1.93. The number of anilines is 2. The first kappa shape index (κ1) is 13.1. The van der Waals surface area contributed by atoms with Crippen LogP contribution in [0.1, 0.15) is 16.7 Å². The van der Waals surface area contributed by atoms with Gasteiger partial charge in [0.1, 0.15) is 0 Å². The molecule has 0 saturated heterocycles. The smallest absolute Gasteiger partial charge is 0.228 e. The van der Waals surface area contributed by atoms with Crippen molar-refractivity contribution in [3.8, 4) is 0 Å². The van der Waals surface area contributed by atoms with Crippen LogP contribution in [0.5, 0.6) is 0 Å². The number of carbonyl (C=O) groups is 1. The van der Waals surface area contributed by atoms with E-state index in [0.717, 1.165) is 22.4 Å². The van der Waals surface area contributed by atoms with Gasteiger partial charge in [-0.15, -0.1) is 0 Å². The lowest BCUT2D eigenvalue weighted by Crippen LogP contribution is -2.16. The molecule has 0 unspecified atom stereocenters. The number of benzene rings is 2. The van der Waals surface area contributed by atoms with Crippen molar-refractivity contribution in [1.29, 1.82) is 0 Å². The van der Waals surface area contributed by atoms with E-state index in [0.29, 0.717) is 12.1 Å². The molecule has 0 saturated carbocycles. The molecule has 0 radical (unpaired) electrons.